The fraction of sp³-hybridized carbons (Fsp3) is 0.588. The minimum atomic E-state index is 0.285. The number of hydrogen-bond donors (Lipinski definition) is 1. The van der Waals surface area contributed by atoms with Crippen LogP contribution >= 0.6 is 0 Å². The summed E-state index contributed by atoms with van der Waals surface area (Å²) in [4.78, 5) is 16.9. The topological polar surface area (TPSA) is 35.6 Å². The molecule has 1 saturated heterocycles. The van der Waals surface area contributed by atoms with E-state index in [1.807, 2.05) is 18.0 Å². The van der Waals surface area contributed by atoms with Gasteiger partial charge in [-0.3, -0.25) is 4.79 Å². The number of piperidine rings is 1. The Kier molecular flexibility index (Phi) is 4.15. The highest BCUT2D eigenvalue weighted by Crippen LogP contribution is 2.33. The number of amides is 1. The van der Waals surface area contributed by atoms with Crippen LogP contribution in [0.1, 0.15) is 30.7 Å². The molecule has 2 aliphatic rings. The Hall–Kier alpha value is -1.55. The number of benzene rings is 1. The monoisotopic (exact) mass is 287 g/mol. The summed E-state index contributed by atoms with van der Waals surface area (Å²) in [5, 5.41) is 3.40. The molecule has 0 saturated carbocycles. The summed E-state index contributed by atoms with van der Waals surface area (Å²) in [7, 11) is 4.13. The zero-order valence-corrected chi connectivity index (χ0v) is 13.0. The molecule has 4 heteroatoms. The van der Waals surface area contributed by atoms with E-state index >= 15 is 0 Å². The average Bonchev–Trinajstić information content (AvgIpc) is 2.91. The Bertz CT molecular complexity index is 509. The number of rotatable bonds is 3. The Morgan fingerprint density at radius 2 is 2.05 bits per heavy atom. The molecule has 0 aliphatic carbocycles. The van der Waals surface area contributed by atoms with Crippen LogP contribution in [-0.4, -0.2) is 55.5 Å². The molecule has 2 aliphatic heterocycles. The van der Waals surface area contributed by atoms with Crippen molar-refractivity contribution in [3.8, 4) is 0 Å². The molecule has 1 unspecified atom stereocenters. The maximum atomic E-state index is 12.6. The summed E-state index contributed by atoms with van der Waals surface area (Å²) >= 11 is 0. The molecule has 1 N–H and O–H groups in total. The maximum Gasteiger partial charge on any atom is 0.223 e. The van der Waals surface area contributed by atoms with Crippen molar-refractivity contribution in [2.24, 2.45) is 0 Å². The molecular formula is C17H25N3O. The van der Waals surface area contributed by atoms with E-state index in [2.05, 4.69) is 35.5 Å². The van der Waals surface area contributed by atoms with Gasteiger partial charge >= 0.3 is 0 Å². The molecule has 4 nitrogen and oxygen atoms in total. The molecule has 1 fully saturated rings. The van der Waals surface area contributed by atoms with Crippen LogP contribution in [0.4, 0.5) is 5.69 Å². The molecule has 1 aromatic rings. The van der Waals surface area contributed by atoms with Gasteiger partial charge in [0.05, 0.1) is 0 Å². The van der Waals surface area contributed by atoms with Crippen molar-refractivity contribution in [1.29, 1.82) is 0 Å². The third-order valence-corrected chi connectivity index (χ3v) is 4.99. The molecule has 0 spiro atoms. The highest BCUT2D eigenvalue weighted by Gasteiger charge is 2.28. The second-order valence-electron chi connectivity index (χ2n) is 6.41. The fourth-order valence-corrected chi connectivity index (χ4v) is 3.48. The quantitative estimate of drug-likeness (QED) is 0.925. The van der Waals surface area contributed by atoms with Gasteiger partial charge in [-0.2, -0.15) is 0 Å². The van der Waals surface area contributed by atoms with Gasteiger partial charge < -0.3 is 15.1 Å². The van der Waals surface area contributed by atoms with E-state index in [1.165, 1.54) is 11.3 Å². The normalized spacial score (nSPS) is 22.7. The van der Waals surface area contributed by atoms with Crippen molar-refractivity contribution >= 4 is 11.6 Å². The second-order valence-corrected chi connectivity index (χ2v) is 6.41. The standard InChI is InChI=1S/C17H25N3O/c1-19-9-7-14(8-10-19)20(2)17(21)11-13-12-18-16-6-4-3-5-15(13)16/h3-6,13-14,18H,7-12H2,1-2H3. The summed E-state index contributed by atoms with van der Waals surface area (Å²) in [5.41, 5.74) is 2.49. The van der Waals surface area contributed by atoms with Crippen LogP contribution in [0.3, 0.4) is 0 Å². The Labute approximate surface area is 127 Å². The van der Waals surface area contributed by atoms with Gasteiger partial charge in [0.1, 0.15) is 0 Å². The number of hydrogen-bond acceptors (Lipinski definition) is 3. The smallest absolute Gasteiger partial charge is 0.223 e. The first kappa shape index (κ1) is 14.4. The Morgan fingerprint density at radius 1 is 1.33 bits per heavy atom. The Balaban J connectivity index is 1.59. The third kappa shape index (κ3) is 3.05. The SMILES string of the molecule is CN1CCC(N(C)C(=O)CC2CNc3ccccc32)CC1. The zero-order chi connectivity index (χ0) is 14.8. The molecule has 21 heavy (non-hydrogen) atoms. The van der Waals surface area contributed by atoms with Crippen molar-refractivity contribution in [1.82, 2.24) is 9.80 Å². The maximum absolute atomic E-state index is 12.6. The summed E-state index contributed by atoms with van der Waals surface area (Å²) in [6.07, 6.45) is 2.81. The third-order valence-electron chi connectivity index (χ3n) is 4.99. The van der Waals surface area contributed by atoms with Crippen molar-refractivity contribution < 1.29 is 4.79 Å². The van der Waals surface area contributed by atoms with Gasteiger partial charge in [-0.25, -0.2) is 0 Å². The first-order chi connectivity index (χ1) is 10.1. The van der Waals surface area contributed by atoms with Crippen molar-refractivity contribution in [3.63, 3.8) is 0 Å². The van der Waals surface area contributed by atoms with Crippen LogP contribution in [0.5, 0.6) is 0 Å². The van der Waals surface area contributed by atoms with Crippen molar-refractivity contribution in [2.75, 3.05) is 39.0 Å². The van der Waals surface area contributed by atoms with Gasteiger partial charge in [-0.15, -0.1) is 0 Å². The molecule has 1 amide bonds. The Morgan fingerprint density at radius 3 is 2.81 bits per heavy atom. The number of nitrogens with one attached hydrogen (secondary N) is 1. The van der Waals surface area contributed by atoms with Crippen LogP contribution in [-0.2, 0) is 4.79 Å². The minimum Gasteiger partial charge on any atom is -0.384 e. The van der Waals surface area contributed by atoms with Gasteiger partial charge in [-0.1, -0.05) is 18.2 Å². The number of fused-ring (bicyclic) bond motifs is 1. The van der Waals surface area contributed by atoms with Crippen LogP contribution in [0.2, 0.25) is 0 Å². The minimum absolute atomic E-state index is 0.285. The van der Waals surface area contributed by atoms with E-state index in [9.17, 15) is 4.79 Å². The molecule has 0 radical (unpaired) electrons. The van der Waals surface area contributed by atoms with Crippen molar-refractivity contribution in [2.45, 2.75) is 31.2 Å². The van der Waals surface area contributed by atoms with E-state index in [0.717, 1.165) is 32.5 Å². The molecular weight excluding hydrogens is 262 g/mol. The number of likely N-dealkylation sites (tertiary alicyclic amines) is 1. The molecule has 1 atom stereocenters. The van der Waals surface area contributed by atoms with Gasteiger partial charge in [0.25, 0.3) is 0 Å². The van der Waals surface area contributed by atoms with E-state index < -0.39 is 0 Å². The van der Waals surface area contributed by atoms with Gasteiger partial charge in [0.2, 0.25) is 5.91 Å². The molecule has 2 heterocycles. The summed E-state index contributed by atoms with van der Waals surface area (Å²) in [6.45, 7) is 3.07. The van der Waals surface area contributed by atoms with Crippen LogP contribution in [0.15, 0.2) is 24.3 Å². The highest BCUT2D eigenvalue weighted by molar-refractivity contribution is 5.78. The van der Waals surface area contributed by atoms with Gasteiger partial charge in [0, 0.05) is 37.7 Å². The van der Waals surface area contributed by atoms with Crippen LogP contribution in [0, 0.1) is 0 Å². The summed E-state index contributed by atoms with van der Waals surface area (Å²) < 4.78 is 0. The number of para-hydroxylation sites is 1. The van der Waals surface area contributed by atoms with Gasteiger partial charge in [-0.05, 0) is 44.6 Å². The van der Waals surface area contributed by atoms with Crippen LogP contribution in [0.25, 0.3) is 0 Å². The fourth-order valence-electron chi connectivity index (χ4n) is 3.48. The number of carbonyl (C=O) groups excluding carboxylic acids is 1. The van der Waals surface area contributed by atoms with Gasteiger partial charge in [0.15, 0.2) is 0 Å². The van der Waals surface area contributed by atoms with E-state index in [4.69, 9.17) is 0 Å². The second kappa shape index (κ2) is 6.06. The molecule has 1 aromatic carbocycles. The van der Waals surface area contributed by atoms with E-state index in [1.54, 1.807) is 0 Å². The van der Waals surface area contributed by atoms with E-state index in [0.29, 0.717) is 18.4 Å². The molecule has 0 bridgehead atoms. The first-order valence-electron chi connectivity index (χ1n) is 7.92. The lowest BCUT2D eigenvalue weighted by molar-refractivity contribution is -0.133. The predicted octanol–water partition coefficient (Wildman–Crippen LogP) is 2.14. The average molecular weight is 287 g/mol. The first-order valence-corrected chi connectivity index (χ1v) is 7.92. The lowest BCUT2D eigenvalue weighted by atomic mass is 9.96. The largest absolute Gasteiger partial charge is 0.384 e. The highest BCUT2D eigenvalue weighted by atomic mass is 16.2. The van der Waals surface area contributed by atoms with Crippen molar-refractivity contribution in [3.05, 3.63) is 29.8 Å². The molecule has 3 rings (SSSR count). The number of carbonyl (C=O) groups is 1. The van der Waals surface area contributed by atoms with E-state index in [-0.39, 0.29) is 5.91 Å². The summed E-state index contributed by atoms with van der Waals surface area (Å²) in [5.74, 6) is 0.607. The van der Waals surface area contributed by atoms with Crippen LogP contribution < -0.4 is 5.32 Å². The predicted molar refractivity (Wildman–Crippen MR) is 85.6 cm³/mol. The summed E-state index contributed by atoms with van der Waals surface area (Å²) in [6, 6.07) is 8.76. The molecule has 114 valence electrons. The number of anilines is 1. The number of nitrogens with zero attached hydrogens (tertiary/aromatic N) is 2. The molecule has 0 aromatic heterocycles. The lowest BCUT2D eigenvalue weighted by Gasteiger charge is -2.35. The lowest BCUT2D eigenvalue weighted by Crippen LogP contribution is -2.44. The zero-order valence-electron chi connectivity index (χ0n) is 13.0.